The summed E-state index contributed by atoms with van der Waals surface area (Å²) in [6.07, 6.45) is 1.76. The summed E-state index contributed by atoms with van der Waals surface area (Å²) < 4.78 is 5.04. The number of methoxy groups -OCH3 is 1. The normalized spacial score (nSPS) is 11.9. The van der Waals surface area contributed by atoms with Crippen molar-refractivity contribution in [1.29, 1.82) is 0 Å². The molecule has 1 atom stereocenters. The minimum Gasteiger partial charge on any atom is -0.481 e. The second kappa shape index (κ2) is 9.70. The minimum absolute atomic E-state index is 0.0219. The number of aliphatic carboxylic acids is 1. The van der Waals surface area contributed by atoms with E-state index in [0.29, 0.717) is 13.2 Å². The summed E-state index contributed by atoms with van der Waals surface area (Å²) in [4.78, 5) is 23.9. The quantitative estimate of drug-likeness (QED) is 0.655. The largest absolute Gasteiger partial charge is 0.481 e. The van der Waals surface area contributed by atoms with Gasteiger partial charge in [0.05, 0.1) is 19.1 Å². The Balaban J connectivity index is 4.25. The predicted molar refractivity (Wildman–Crippen MR) is 68.6 cm³/mol. The third kappa shape index (κ3) is 7.11. The summed E-state index contributed by atoms with van der Waals surface area (Å²) in [7, 11) is 1.59. The molecular formula is C12H24N2O4. The number of carboxylic acids is 1. The molecule has 0 radical (unpaired) electrons. The van der Waals surface area contributed by atoms with Crippen molar-refractivity contribution in [3.05, 3.63) is 0 Å². The molecular weight excluding hydrogens is 236 g/mol. The molecule has 0 heterocycles. The van der Waals surface area contributed by atoms with Gasteiger partial charge in [0.15, 0.2) is 0 Å². The van der Waals surface area contributed by atoms with Crippen molar-refractivity contribution in [3.63, 3.8) is 0 Å². The zero-order chi connectivity index (χ0) is 14.0. The van der Waals surface area contributed by atoms with E-state index in [1.165, 1.54) is 4.90 Å². The first-order chi connectivity index (χ1) is 8.54. The lowest BCUT2D eigenvalue weighted by molar-refractivity contribution is -0.137. The number of carbonyl (C=O) groups excluding carboxylic acids is 1. The molecule has 0 spiro atoms. The molecule has 0 rings (SSSR count). The highest BCUT2D eigenvalue weighted by Gasteiger charge is 2.16. The number of amides is 2. The number of rotatable bonds is 9. The monoisotopic (exact) mass is 260 g/mol. The maximum absolute atomic E-state index is 11.9. The van der Waals surface area contributed by atoms with Gasteiger partial charge in [0.1, 0.15) is 0 Å². The van der Waals surface area contributed by atoms with Crippen LogP contribution in [0.5, 0.6) is 0 Å². The molecule has 0 aromatic carbocycles. The number of carboxylic acid groups (broad SMARTS) is 1. The molecule has 106 valence electrons. The van der Waals surface area contributed by atoms with Gasteiger partial charge in [0.25, 0.3) is 0 Å². The zero-order valence-electron chi connectivity index (χ0n) is 11.4. The van der Waals surface area contributed by atoms with E-state index in [1.54, 1.807) is 7.11 Å². The van der Waals surface area contributed by atoms with E-state index in [9.17, 15) is 9.59 Å². The third-order valence-electron chi connectivity index (χ3n) is 2.60. The fraction of sp³-hybridized carbons (Fsp3) is 0.833. The van der Waals surface area contributed by atoms with Crippen LogP contribution < -0.4 is 5.32 Å². The first-order valence-electron chi connectivity index (χ1n) is 6.31. The SMILES string of the molecule is CCCC(COC)NC(=O)N(CC)CCC(=O)O. The summed E-state index contributed by atoms with van der Waals surface area (Å²) in [6.45, 7) is 5.05. The van der Waals surface area contributed by atoms with Crippen LogP contribution in [0.2, 0.25) is 0 Å². The molecule has 2 amide bonds. The Bertz CT molecular complexity index is 252. The van der Waals surface area contributed by atoms with Gasteiger partial charge in [0.2, 0.25) is 0 Å². The van der Waals surface area contributed by atoms with Crippen molar-refractivity contribution in [2.45, 2.75) is 39.2 Å². The van der Waals surface area contributed by atoms with Crippen LogP contribution in [0.3, 0.4) is 0 Å². The van der Waals surface area contributed by atoms with Crippen molar-refractivity contribution >= 4 is 12.0 Å². The highest BCUT2D eigenvalue weighted by atomic mass is 16.5. The first-order valence-corrected chi connectivity index (χ1v) is 6.31. The molecule has 0 saturated carbocycles. The number of hydrogen-bond donors (Lipinski definition) is 2. The van der Waals surface area contributed by atoms with Crippen LogP contribution >= 0.6 is 0 Å². The summed E-state index contributed by atoms with van der Waals surface area (Å²) in [5.74, 6) is -0.900. The molecule has 18 heavy (non-hydrogen) atoms. The molecule has 1 unspecified atom stereocenters. The van der Waals surface area contributed by atoms with Gasteiger partial charge in [-0.1, -0.05) is 13.3 Å². The molecule has 2 N–H and O–H groups in total. The average Bonchev–Trinajstić information content (AvgIpc) is 2.30. The molecule has 0 fully saturated rings. The Morgan fingerprint density at radius 3 is 2.50 bits per heavy atom. The molecule has 0 aromatic heterocycles. The second-order valence-electron chi connectivity index (χ2n) is 4.11. The third-order valence-corrected chi connectivity index (χ3v) is 2.60. The van der Waals surface area contributed by atoms with Crippen LogP contribution in [0.15, 0.2) is 0 Å². The lowest BCUT2D eigenvalue weighted by Gasteiger charge is -2.24. The maximum atomic E-state index is 11.9. The number of carbonyl (C=O) groups is 2. The van der Waals surface area contributed by atoms with Gasteiger partial charge in [-0.05, 0) is 13.3 Å². The number of nitrogens with one attached hydrogen (secondary N) is 1. The van der Waals surface area contributed by atoms with Crippen molar-refractivity contribution in [2.75, 3.05) is 26.8 Å². The minimum atomic E-state index is -0.900. The summed E-state index contributed by atoms with van der Waals surface area (Å²) in [6, 6.07) is -0.249. The number of hydrogen-bond acceptors (Lipinski definition) is 3. The van der Waals surface area contributed by atoms with Crippen LogP contribution in [0.4, 0.5) is 4.79 Å². The van der Waals surface area contributed by atoms with Crippen molar-refractivity contribution < 1.29 is 19.4 Å². The van der Waals surface area contributed by atoms with Gasteiger partial charge in [-0.3, -0.25) is 4.79 Å². The van der Waals surface area contributed by atoms with E-state index in [-0.39, 0.29) is 25.0 Å². The summed E-state index contributed by atoms with van der Waals surface area (Å²) >= 11 is 0. The van der Waals surface area contributed by atoms with E-state index in [1.807, 2.05) is 13.8 Å². The Labute approximate surface area is 108 Å². The zero-order valence-corrected chi connectivity index (χ0v) is 11.4. The number of ether oxygens (including phenoxy) is 1. The average molecular weight is 260 g/mol. The van der Waals surface area contributed by atoms with Crippen LogP contribution in [0, 0.1) is 0 Å². The Morgan fingerprint density at radius 2 is 2.06 bits per heavy atom. The number of nitrogens with zero attached hydrogens (tertiary/aromatic N) is 1. The van der Waals surface area contributed by atoms with Gasteiger partial charge in [-0.25, -0.2) is 4.79 Å². The molecule has 0 aliphatic carbocycles. The van der Waals surface area contributed by atoms with Crippen LogP contribution in [-0.4, -0.2) is 54.9 Å². The van der Waals surface area contributed by atoms with E-state index >= 15 is 0 Å². The highest BCUT2D eigenvalue weighted by molar-refractivity contribution is 5.75. The van der Waals surface area contributed by atoms with Gasteiger partial charge in [0, 0.05) is 20.2 Å². The maximum Gasteiger partial charge on any atom is 0.317 e. The molecule has 0 aromatic rings. The summed E-state index contributed by atoms with van der Waals surface area (Å²) in [5, 5.41) is 11.5. The van der Waals surface area contributed by atoms with Crippen molar-refractivity contribution in [2.24, 2.45) is 0 Å². The topological polar surface area (TPSA) is 78.9 Å². The fourth-order valence-corrected chi connectivity index (χ4v) is 1.65. The van der Waals surface area contributed by atoms with Crippen molar-refractivity contribution in [1.82, 2.24) is 10.2 Å². The molecule has 0 saturated heterocycles. The standard InChI is InChI=1S/C12H24N2O4/c1-4-6-10(9-18-3)13-12(17)14(5-2)8-7-11(15)16/h10H,4-9H2,1-3H3,(H,13,17)(H,15,16). The molecule has 0 aliphatic rings. The fourth-order valence-electron chi connectivity index (χ4n) is 1.65. The molecule has 6 heteroatoms. The van der Waals surface area contributed by atoms with Gasteiger partial charge in [-0.2, -0.15) is 0 Å². The van der Waals surface area contributed by atoms with E-state index in [0.717, 1.165) is 12.8 Å². The second-order valence-corrected chi connectivity index (χ2v) is 4.11. The summed E-state index contributed by atoms with van der Waals surface area (Å²) in [5.41, 5.74) is 0. The molecule has 0 bridgehead atoms. The van der Waals surface area contributed by atoms with Crippen LogP contribution in [0.25, 0.3) is 0 Å². The van der Waals surface area contributed by atoms with E-state index < -0.39 is 5.97 Å². The first kappa shape index (κ1) is 16.7. The predicted octanol–water partition coefficient (Wildman–Crippen LogP) is 1.31. The smallest absolute Gasteiger partial charge is 0.317 e. The van der Waals surface area contributed by atoms with Crippen molar-refractivity contribution in [3.8, 4) is 0 Å². The van der Waals surface area contributed by atoms with Crippen LogP contribution in [0.1, 0.15) is 33.1 Å². The lowest BCUT2D eigenvalue weighted by Crippen LogP contribution is -2.47. The van der Waals surface area contributed by atoms with Crippen LogP contribution in [-0.2, 0) is 9.53 Å². The molecule has 0 aliphatic heterocycles. The Hall–Kier alpha value is -1.30. The van der Waals surface area contributed by atoms with Gasteiger partial charge >= 0.3 is 12.0 Å². The van der Waals surface area contributed by atoms with Gasteiger partial charge in [-0.15, -0.1) is 0 Å². The Morgan fingerprint density at radius 1 is 1.39 bits per heavy atom. The van der Waals surface area contributed by atoms with E-state index in [4.69, 9.17) is 9.84 Å². The lowest BCUT2D eigenvalue weighted by atomic mass is 10.2. The molecule has 6 nitrogen and oxygen atoms in total. The number of urea groups is 1. The van der Waals surface area contributed by atoms with E-state index in [2.05, 4.69) is 5.32 Å². The Kier molecular flexibility index (Phi) is 9.00. The highest BCUT2D eigenvalue weighted by Crippen LogP contribution is 2.00. The van der Waals surface area contributed by atoms with Gasteiger partial charge < -0.3 is 20.1 Å².